The molecule has 17 nitrogen and oxygen atoms in total. The van der Waals surface area contributed by atoms with Crippen molar-refractivity contribution in [2.45, 2.75) is 83.1 Å². The van der Waals surface area contributed by atoms with E-state index in [-0.39, 0.29) is 25.3 Å². The molecule has 4 aliphatic heterocycles. The molecular formula is C61H119I6N14O3P4V2-2. The number of piperazine rings is 4. The van der Waals surface area contributed by atoms with Crippen LogP contribution in [0.1, 0.15) is 101 Å². The largest absolute Gasteiger partial charge is 0.278 e. The molecule has 4 saturated heterocycles. The number of aryl methyl sites for hydroxylation is 2. The van der Waals surface area contributed by atoms with Crippen LogP contribution in [0, 0.1) is 32.4 Å². The molecule has 0 amide bonds. The molecule has 0 bridgehead atoms. The van der Waals surface area contributed by atoms with E-state index < -0.39 is 0 Å². The average molecular weight is 2080 g/mol. The van der Waals surface area contributed by atoms with Crippen LogP contribution in [-0.2, 0) is 14.4 Å². The Morgan fingerprint density at radius 1 is 0.511 bits per heavy atom. The summed E-state index contributed by atoms with van der Waals surface area (Å²) in [6, 6.07) is 31.1. The summed E-state index contributed by atoms with van der Waals surface area (Å²) in [7, 11) is 18.0. The molecule has 4 fully saturated rings. The number of benzene rings is 4. The van der Waals surface area contributed by atoms with Crippen LogP contribution < -0.4 is 17.0 Å². The molecule has 6 aromatic rings. The normalized spacial score (nSPS) is 13.9. The zero-order valence-electron chi connectivity index (χ0n) is 57.3. The van der Waals surface area contributed by atoms with Gasteiger partial charge in [-0.3, -0.25) is 50.2 Å². The zero-order chi connectivity index (χ0) is 67.8. The fourth-order valence-corrected chi connectivity index (χ4v) is 7.92. The zero-order valence-corrected chi connectivity index (χ0v) is 77.6. The van der Waals surface area contributed by atoms with Crippen LogP contribution in [0.25, 0.3) is 21.8 Å². The Labute approximate surface area is 639 Å². The molecule has 6 heterocycles. The summed E-state index contributed by atoms with van der Waals surface area (Å²) < 4.78 is 10.2. The Kier molecular flexibility index (Phi) is 102. The first-order valence-corrected chi connectivity index (χ1v) is 54.9. The first kappa shape index (κ1) is 111. The molecule has 4 aliphatic rings. The number of hydrazine groups is 1. The molecule has 0 saturated carbocycles. The quantitative estimate of drug-likeness (QED) is 0.0273. The van der Waals surface area contributed by atoms with Gasteiger partial charge in [0.25, 0.3) is 0 Å². The summed E-state index contributed by atoms with van der Waals surface area (Å²) in [4.78, 5) is 27.2. The number of nitrogens with two attached hydrogens (primary N) is 2. The van der Waals surface area contributed by atoms with E-state index in [1.807, 2.05) is 180 Å². The molecule has 10 rings (SSSR count). The van der Waals surface area contributed by atoms with E-state index in [9.17, 15) is 9.59 Å². The third kappa shape index (κ3) is 67.2. The SMILES string of the molecule is CC.CC.CC.CC.CC.CN1CCN(P)CC1.CN1CCN(P)CC1.CN1CCN(P)CC1.Cc1ccccc1C=O.Cc1ccccc1C=O.Ic1[nH]nc2ccccc12.NN.O.PN1CCNCC1.[CH3-].[CH3-].[I][V]([I])[I].[I][V][I].c1ccc2[nH]ncc2c1. The van der Waals surface area contributed by atoms with Gasteiger partial charge in [0.2, 0.25) is 0 Å². The molecule has 2 aromatic heterocycles. The van der Waals surface area contributed by atoms with Gasteiger partial charge in [0, 0.05) is 127 Å². The van der Waals surface area contributed by atoms with E-state index in [2.05, 4.69) is 258 Å². The Balaban J connectivity index is -0.000000114. The van der Waals surface area contributed by atoms with Gasteiger partial charge < -0.3 is 40.3 Å². The summed E-state index contributed by atoms with van der Waals surface area (Å²) >= 11 is 14.4. The number of nitrogens with zero attached hydrogens (tertiary/aromatic N) is 9. The number of H-pyrrole nitrogens is 2. The molecular weight excluding hydrogens is 1960 g/mol. The first-order chi connectivity index (χ1) is 41.9. The number of hydrogen-bond donors (Lipinski definition) is 5. The number of likely N-dealkylation sites (N-methyl/N-ethyl adjacent to an activating group) is 3. The van der Waals surface area contributed by atoms with Crippen LogP contribution in [0.4, 0.5) is 0 Å². The molecule has 4 aromatic carbocycles. The van der Waals surface area contributed by atoms with Gasteiger partial charge in [-0.15, -0.1) is 0 Å². The summed E-state index contributed by atoms with van der Waals surface area (Å²) in [5.41, 5.74) is 5.75. The predicted octanol–water partition coefficient (Wildman–Crippen LogP) is 15.5. The topological polar surface area (TPSA) is 210 Å². The minimum absolute atomic E-state index is 0. The van der Waals surface area contributed by atoms with Crippen molar-refractivity contribution in [3.63, 3.8) is 0 Å². The number of halogens is 6. The number of hydrogen-bond acceptors (Lipinski definition) is 14. The summed E-state index contributed by atoms with van der Waals surface area (Å²) in [6.07, 6.45) is 3.56. The number of carbonyl (C=O) groups is 2. The smallest absolute Gasteiger partial charge is 0.0650 e. The third-order valence-electron chi connectivity index (χ3n) is 11.2. The minimum Gasteiger partial charge on any atom is -0.278 e. The van der Waals surface area contributed by atoms with E-state index in [4.69, 9.17) is 0 Å². The Morgan fingerprint density at radius 3 is 1.09 bits per heavy atom. The van der Waals surface area contributed by atoms with E-state index in [1.165, 1.54) is 97.0 Å². The maximum atomic E-state index is 10.2. The molecule has 4 atom stereocenters. The standard InChI is InChI=1S/2C8H8O.C7H5IN2.C7H6N2.3C5H13N2P.C4H11N2P.5C2H6.2CH3.5HI.H4N2.H2O.2V/c2*1-7-4-2-3-5-8(7)6-9;8-7-5-3-1-2-4-6(5)9-10-7;1-2-4-7-6(3-1)5-8-9-7;3*1-6-2-4-7(8)5-3-6;7-6-3-1-5-2-4-6;5*1-2;;;;;;;;1-2;;;/h2*2-6H,1H3;1-4H,(H,9,10);1-5H,(H,8,9);3*2-5,8H2,1H3;5H,1-4,7H2;5*1-2H3;2*1H3;5*1H;1-2H2;1H2;;/q;;;;;;;;;;;;;2*-1;;;;;;;;+2;+3/p-5. The second-order valence-electron chi connectivity index (χ2n) is 17.0. The van der Waals surface area contributed by atoms with Gasteiger partial charge in [-0.05, 0) is 80.8 Å². The van der Waals surface area contributed by atoms with Crippen LogP contribution in [0.5, 0.6) is 0 Å². The number of carbonyl (C=O) groups excluding carboxylic acids is 2. The number of para-hydroxylation sites is 2. The van der Waals surface area contributed by atoms with Gasteiger partial charge in [0.05, 0.1) is 17.2 Å². The fourth-order valence-electron chi connectivity index (χ4n) is 6.39. The molecule has 0 radical (unpaired) electrons. The monoisotopic (exact) mass is 2080 g/mol. The number of aromatic nitrogens is 4. The molecule has 4 unspecified atom stereocenters. The van der Waals surface area contributed by atoms with Crippen molar-refractivity contribution in [2.24, 2.45) is 11.7 Å². The molecule has 0 aliphatic carbocycles. The van der Waals surface area contributed by atoms with E-state index in [0.29, 0.717) is 9.47 Å². The van der Waals surface area contributed by atoms with Crippen molar-refractivity contribution in [1.29, 1.82) is 0 Å². The van der Waals surface area contributed by atoms with Crippen molar-refractivity contribution < 1.29 is 29.5 Å². The Bertz CT molecular complexity index is 2200. The number of aldehydes is 2. The van der Waals surface area contributed by atoms with Gasteiger partial charge in [0.15, 0.2) is 0 Å². The summed E-state index contributed by atoms with van der Waals surface area (Å²) in [5, 5.41) is 19.4. The number of fused-ring (bicyclic) bond motifs is 2. The maximum Gasteiger partial charge on any atom is 0.0650 e. The van der Waals surface area contributed by atoms with E-state index in [1.54, 1.807) is 0 Å². The average Bonchev–Trinajstić information content (AvgIpc) is 2.33. The Morgan fingerprint density at radius 2 is 0.811 bits per heavy atom. The maximum absolute atomic E-state index is 10.2. The second kappa shape index (κ2) is 83.4. The second-order valence-corrected chi connectivity index (χ2v) is 68.2. The van der Waals surface area contributed by atoms with E-state index in [0.717, 1.165) is 68.0 Å². The van der Waals surface area contributed by atoms with Crippen LogP contribution in [0.2, 0.25) is 0 Å². The number of aromatic amines is 2. The number of rotatable bonds is 2. The predicted molar refractivity (Wildman–Crippen MR) is 460 cm³/mol. The van der Waals surface area contributed by atoms with Crippen LogP contribution in [-0.4, -0.2) is 198 Å². The van der Waals surface area contributed by atoms with E-state index >= 15 is 0 Å². The van der Waals surface area contributed by atoms with Crippen LogP contribution >= 0.6 is 160 Å². The van der Waals surface area contributed by atoms with Crippen LogP contribution in [0.15, 0.2) is 103 Å². The van der Waals surface area contributed by atoms with Crippen molar-refractivity contribution in [3.8, 4) is 0 Å². The fraction of sp³-hybridized carbons (Fsp3) is 0.508. The van der Waals surface area contributed by atoms with Crippen molar-refractivity contribution >= 4 is 194 Å². The van der Waals surface area contributed by atoms with Crippen molar-refractivity contribution in [3.05, 3.63) is 144 Å². The first-order valence-electron chi connectivity index (χ1n) is 29.2. The van der Waals surface area contributed by atoms with Gasteiger partial charge in [0.1, 0.15) is 16.3 Å². The van der Waals surface area contributed by atoms with Crippen molar-refractivity contribution in [2.75, 3.05) is 126 Å². The van der Waals surface area contributed by atoms with Gasteiger partial charge in [-0.1, -0.05) is 192 Å². The van der Waals surface area contributed by atoms with Crippen LogP contribution in [0.3, 0.4) is 0 Å². The number of nitrogens with one attached hydrogen (secondary N) is 3. The van der Waals surface area contributed by atoms with Gasteiger partial charge in [-0.2, -0.15) is 10.2 Å². The van der Waals surface area contributed by atoms with Gasteiger partial charge >= 0.3 is 114 Å². The minimum atomic E-state index is -0.278. The summed E-state index contributed by atoms with van der Waals surface area (Å²) in [5.74, 6) is 8.00. The van der Waals surface area contributed by atoms with Gasteiger partial charge in [-0.25, -0.2) is 0 Å². The molecule has 525 valence electrons. The molecule has 0 spiro atoms. The molecule has 29 heteroatoms. The molecule has 9 N–H and O–H groups in total. The third-order valence-corrected chi connectivity index (χ3v) is 14.0. The molecule has 90 heavy (non-hydrogen) atoms. The van der Waals surface area contributed by atoms with Crippen molar-refractivity contribution in [1.82, 2.24) is 59.1 Å². The Hall–Kier alpha value is 1.99. The summed E-state index contributed by atoms with van der Waals surface area (Å²) in [6.45, 7) is 42.9.